The Hall–Kier alpha value is -2.80. The number of piperazine rings is 1. The predicted molar refractivity (Wildman–Crippen MR) is 111 cm³/mol. The molecule has 8 heteroatoms. The Labute approximate surface area is 180 Å². The highest BCUT2D eigenvalue weighted by Crippen LogP contribution is 2.22. The minimum absolute atomic E-state index is 0.0636. The summed E-state index contributed by atoms with van der Waals surface area (Å²) in [6, 6.07) is 10.2. The predicted octanol–water partition coefficient (Wildman–Crippen LogP) is 2.77. The molecule has 0 saturated carbocycles. The number of rotatable bonds is 3. The van der Waals surface area contributed by atoms with Crippen molar-refractivity contribution in [3.63, 3.8) is 0 Å². The molecule has 0 spiro atoms. The third kappa shape index (κ3) is 4.36. The Morgan fingerprint density at radius 1 is 0.867 bits per heavy atom. The molecule has 30 heavy (non-hydrogen) atoms. The maximum Gasteiger partial charge on any atom is 0.289 e. The molecule has 0 aliphatic carbocycles. The van der Waals surface area contributed by atoms with Gasteiger partial charge in [0.1, 0.15) is 0 Å². The number of piperidine rings is 1. The van der Waals surface area contributed by atoms with Crippen molar-refractivity contribution in [3.05, 3.63) is 59.0 Å². The Balaban J connectivity index is 1.33. The van der Waals surface area contributed by atoms with Gasteiger partial charge in [0.25, 0.3) is 11.8 Å². The number of benzene rings is 1. The first-order valence-corrected chi connectivity index (χ1v) is 10.6. The monoisotopic (exact) mass is 429 g/mol. The van der Waals surface area contributed by atoms with Gasteiger partial charge in [0, 0.05) is 49.9 Å². The summed E-state index contributed by atoms with van der Waals surface area (Å²) in [5.41, 5.74) is 0.581. The van der Waals surface area contributed by atoms with Gasteiger partial charge in [-0.25, -0.2) is 0 Å². The second kappa shape index (κ2) is 8.92. The van der Waals surface area contributed by atoms with Crippen molar-refractivity contribution in [2.45, 2.75) is 12.8 Å². The maximum atomic E-state index is 13.1. The number of carbonyl (C=O) groups is 3. The van der Waals surface area contributed by atoms with Crippen molar-refractivity contribution in [1.29, 1.82) is 0 Å². The van der Waals surface area contributed by atoms with Crippen molar-refractivity contribution >= 4 is 29.3 Å². The van der Waals surface area contributed by atoms with Crippen LogP contribution >= 0.6 is 11.6 Å². The lowest BCUT2D eigenvalue weighted by Crippen LogP contribution is -2.54. The fourth-order valence-electron chi connectivity index (χ4n) is 4.08. The fraction of sp³-hybridized carbons (Fsp3) is 0.409. The second-order valence-electron chi connectivity index (χ2n) is 7.69. The Morgan fingerprint density at radius 2 is 1.57 bits per heavy atom. The summed E-state index contributed by atoms with van der Waals surface area (Å²) in [4.78, 5) is 43.5. The van der Waals surface area contributed by atoms with Gasteiger partial charge >= 0.3 is 0 Å². The number of likely N-dealkylation sites (tertiary alicyclic amines) is 1. The third-order valence-corrected chi connectivity index (χ3v) is 6.01. The van der Waals surface area contributed by atoms with Crippen LogP contribution in [0.5, 0.6) is 0 Å². The Bertz CT molecular complexity index is 905. The quantitative estimate of drug-likeness (QED) is 0.752. The first-order chi connectivity index (χ1) is 14.5. The van der Waals surface area contributed by atoms with E-state index in [9.17, 15) is 14.4 Å². The van der Waals surface area contributed by atoms with E-state index >= 15 is 0 Å². The van der Waals surface area contributed by atoms with Gasteiger partial charge in [0.15, 0.2) is 5.76 Å². The van der Waals surface area contributed by atoms with E-state index in [4.69, 9.17) is 16.0 Å². The molecule has 2 aliphatic rings. The SMILES string of the molecule is O=C(c1ccc(Cl)cc1)N1CCC[C@H](C(=O)N2CCN(C(=O)c3ccco3)CC2)C1. The molecule has 1 aromatic carbocycles. The molecule has 1 atom stereocenters. The number of amides is 3. The largest absolute Gasteiger partial charge is 0.459 e. The van der Waals surface area contributed by atoms with E-state index in [0.29, 0.717) is 55.6 Å². The minimum Gasteiger partial charge on any atom is -0.459 e. The summed E-state index contributed by atoms with van der Waals surface area (Å²) >= 11 is 5.91. The second-order valence-corrected chi connectivity index (χ2v) is 8.13. The lowest BCUT2D eigenvalue weighted by Gasteiger charge is -2.38. The van der Waals surface area contributed by atoms with E-state index in [1.807, 2.05) is 4.90 Å². The van der Waals surface area contributed by atoms with Crippen LogP contribution in [0.2, 0.25) is 5.02 Å². The highest BCUT2D eigenvalue weighted by molar-refractivity contribution is 6.30. The molecule has 0 bridgehead atoms. The van der Waals surface area contributed by atoms with E-state index in [-0.39, 0.29) is 23.6 Å². The first-order valence-electron chi connectivity index (χ1n) is 10.2. The van der Waals surface area contributed by atoms with Crippen molar-refractivity contribution < 1.29 is 18.8 Å². The molecule has 4 rings (SSSR count). The average molecular weight is 430 g/mol. The highest BCUT2D eigenvalue weighted by atomic mass is 35.5. The lowest BCUT2D eigenvalue weighted by atomic mass is 9.95. The number of hydrogen-bond acceptors (Lipinski definition) is 4. The zero-order valence-corrected chi connectivity index (χ0v) is 17.4. The topological polar surface area (TPSA) is 74.1 Å². The van der Waals surface area contributed by atoms with E-state index < -0.39 is 0 Å². The van der Waals surface area contributed by atoms with Gasteiger partial charge in [-0.15, -0.1) is 0 Å². The summed E-state index contributed by atoms with van der Waals surface area (Å²) < 4.78 is 5.18. The van der Waals surface area contributed by atoms with Crippen LogP contribution in [0, 0.1) is 5.92 Å². The van der Waals surface area contributed by atoms with Crippen LogP contribution in [0.15, 0.2) is 47.1 Å². The molecule has 2 saturated heterocycles. The van der Waals surface area contributed by atoms with Crippen molar-refractivity contribution in [2.24, 2.45) is 5.92 Å². The zero-order chi connectivity index (χ0) is 21.1. The van der Waals surface area contributed by atoms with Gasteiger partial charge in [-0.3, -0.25) is 14.4 Å². The molecule has 1 aromatic heterocycles. The number of halogens is 1. The standard InChI is InChI=1S/C22H24ClN3O4/c23-18-7-5-16(6-8-18)20(27)26-9-1-3-17(15-26)21(28)24-10-12-25(13-11-24)22(29)19-4-2-14-30-19/h2,4-8,14,17H,1,3,9-13,15H2/t17-/m0/s1. The average Bonchev–Trinajstić information content (AvgIpc) is 3.33. The van der Waals surface area contributed by atoms with Gasteiger partial charge in [-0.05, 0) is 49.2 Å². The van der Waals surface area contributed by atoms with E-state index in [2.05, 4.69) is 0 Å². The zero-order valence-electron chi connectivity index (χ0n) is 16.6. The number of furan rings is 1. The van der Waals surface area contributed by atoms with Gasteiger partial charge in [-0.1, -0.05) is 11.6 Å². The number of nitrogens with zero attached hydrogens (tertiary/aromatic N) is 3. The van der Waals surface area contributed by atoms with Gasteiger partial charge in [0.05, 0.1) is 12.2 Å². The lowest BCUT2D eigenvalue weighted by molar-refractivity contribution is -0.138. The van der Waals surface area contributed by atoms with Crippen LogP contribution in [0.1, 0.15) is 33.8 Å². The van der Waals surface area contributed by atoms with Gasteiger partial charge < -0.3 is 19.1 Å². The van der Waals surface area contributed by atoms with Crippen LogP contribution in [-0.2, 0) is 4.79 Å². The number of carbonyl (C=O) groups excluding carboxylic acids is 3. The van der Waals surface area contributed by atoms with Crippen molar-refractivity contribution in [3.8, 4) is 0 Å². The van der Waals surface area contributed by atoms with Gasteiger partial charge in [0.2, 0.25) is 5.91 Å². The third-order valence-electron chi connectivity index (χ3n) is 5.76. The van der Waals surface area contributed by atoms with Crippen molar-refractivity contribution in [2.75, 3.05) is 39.3 Å². The molecule has 3 heterocycles. The minimum atomic E-state index is -0.206. The van der Waals surface area contributed by atoms with Gasteiger partial charge in [-0.2, -0.15) is 0 Å². The smallest absolute Gasteiger partial charge is 0.289 e. The molecule has 158 valence electrons. The molecule has 2 aromatic rings. The molecule has 0 unspecified atom stereocenters. The van der Waals surface area contributed by atoms with E-state index in [0.717, 1.165) is 12.8 Å². The Morgan fingerprint density at radius 3 is 2.23 bits per heavy atom. The molecule has 7 nitrogen and oxygen atoms in total. The molecule has 0 N–H and O–H groups in total. The van der Waals surface area contributed by atoms with Crippen LogP contribution in [0.25, 0.3) is 0 Å². The van der Waals surface area contributed by atoms with E-state index in [1.54, 1.807) is 46.2 Å². The molecule has 3 amide bonds. The summed E-state index contributed by atoms with van der Waals surface area (Å²) in [6.07, 6.45) is 3.05. The summed E-state index contributed by atoms with van der Waals surface area (Å²) in [7, 11) is 0. The molecular weight excluding hydrogens is 406 g/mol. The first kappa shape index (κ1) is 20.5. The highest BCUT2D eigenvalue weighted by Gasteiger charge is 2.33. The van der Waals surface area contributed by atoms with E-state index in [1.165, 1.54) is 6.26 Å². The molecule has 2 aliphatic heterocycles. The summed E-state index contributed by atoms with van der Waals surface area (Å²) in [5, 5.41) is 0.586. The fourth-order valence-corrected chi connectivity index (χ4v) is 4.21. The molecular formula is C22H24ClN3O4. The molecule has 0 radical (unpaired) electrons. The maximum absolute atomic E-state index is 13.1. The van der Waals surface area contributed by atoms with Crippen LogP contribution < -0.4 is 0 Å². The van der Waals surface area contributed by atoms with Crippen LogP contribution in [0.4, 0.5) is 0 Å². The van der Waals surface area contributed by atoms with Crippen molar-refractivity contribution in [1.82, 2.24) is 14.7 Å². The number of hydrogen-bond donors (Lipinski definition) is 0. The molecule has 2 fully saturated rings. The summed E-state index contributed by atoms with van der Waals surface area (Å²) in [6.45, 7) is 3.01. The summed E-state index contributed by atoms with van der Waals surface area (Å²) in [5.74, 6) is -0.0445. The van der Waals surface area contributed by atoms with Crippen LogP contribution in [0.3, 0.4) is 0 Å². The normalized spacial score (nSPS) is 19.6. The Kier molecular flexibility index (Phi) is 6.08. The van der Waals surface area contributed by atoms with Crippen LogP contribution in [-0.4, -0.2) is 71.7 Å².